The van der Waals surface area contributed by atoms with Gasteiger partial charge in [-0.25, -0.2) is 9.97 Å². The Labute approximate surface area is 141 Å². The lowest BCUT2D eigenvalue weighted by Gasteiger charge is -2.05. The molecule has 8 heteroatoms. The molecule has 3 N–H and O–H groups in total. The summed E-state index contributed by atoms with van der Waals surface area (Å²) >= 11 is 0. The molecule has 3 aromatic heterocycles. The fourth-order valence-corrected chi connectivity index (χ4v) is 2.34. The van der Waals surface area contributed by atoms with E-state index in [1.165, 1.54) is 0 Å². The average Bonchev–Trinajstić information content (AvgIpc) is 3.06. The number of nitrogens with zero attached hydrogens (tertiary/aromatic N) is 4. The third-order valence-electron chi connectivity index (χ3n) is 3.49. The van der Waals surface area contributed by atoms with Crippen molar-refractivity contribution in [2.75, 3.05) is 0 Å². The van der Waals surface area contributed by atoms with Gasteiger partial charge >= 0.3 is 6.01 Å². The number of benzene rings is 1. The van der Waals surface area contributed by atoms with Crippen LogP contribution in [0.5, 0.6) is 11.8 Å². The number of rotatable bonds is 4. The van der Waals surface area contributed by atoms with Gasteiger partial charge in [0.2, 0.25) is 0 Å². The molecule has 8 nitrogen and oxygen atoms in total. The van der Waals surface area contributed by atoms with Gasteiger partial charge < -0.3 is 15.5 Å². The second kappa shape index (κ2) is 6.00. The van der Waals surface area contributed by atoms with E-state index in [9.17, 15) is 4.79 Å². The Morgan fingerprint density at radius 2 is 2.04 bits per heavy atom. The summed E-state index contributed by atoms with van der Waals surface area (Å²) in [5, 5.41) is 0. The number of aromatic amines is 1. The first-order valence-electron chi connectivity index (χ1n) is 7.40. The standard InChI is InChI=1S/C17H12N6O2/c18-15(24)16-21-13-4-3-11(8-14(13)22-16)25-17-20-7-5-12(23-17)10-2-1-6-19-9-10/h1-9H,(H2,18,24)(H,21,22). The first-order valence-corrected chi connectivity index (χ1v) is 7.40. The van der Waals surface area contributed by atoms with E-state index in [-0.39, 0.29) is 11.8 Å². The van der Waals surface area contributed by atoms with Crippen molar-refractivity contribution in [3.8, 4) is 23.0 Å². The molecule has 4 aromatic rings. The van der Waals surface area contributed by atoms with Gasteiger partial charge in [-0.05, 0) is 30.3 Å². The normalized spacial score (nSPS) is 10.7. The Kier molecular flexibility index (Phi) is 3.55. The van der Waals surface area contributed by atoms with Crippen molar-refractivity contribution >= 4 is 16.9 Å². The molecule has 0 spiro atoms. The number of imidazole rings is 1. The summed E-state index contributed by atoms with van der Waals surface area (Å²) in [5.41, 5.74) is 8.04. The van der Waals surface area contributed by atoms with Crippen molar-refractivity contribution in [1.29, 1.82) is 0 Å². The summed E-state index contributed by atoms with van der Waals surface area (Å²) in [5.74, 6) is -0.0105. The van der Waals surface area contributed by atoms with Crippen LogP contribution in [0.2, 0.25) is 0 Å². The number of amides is 1. The van der Waals surface area contributed by atoms with Gasteiger partial charge in [-0.15, -0.1) is 0 Å². The third-order valence-corrected chi connectivity index (χ3v) is 3.49. The van der Waals surface area contributed by atoms with Gasteiger partial charge in [-0.2, -0.15) is 4.98 Å². The largest absolute Gasteiger partial charge is 0.424 e. The number of nitrogens with two attached hydrogens (primary N) is 1. The molecule has 1 amide bonds. The van der Waals surface area contributed by atoms with Gasteiger partial charge in [-0.1, -0.05) is 0 Å². The number of carbonyl (C=O) groups excluding carboxylic acids is 1. The number of fused-ring (bicyclic) bond motifs is 1. The zero-order valence-corrected chi connectivity index (χ0v) is 12.9. The zero-order chi connectivity index (χ0) is 17.2. The van der Waals surface area contributed by atoms with Gasteiger partial charge in [0.1, 0.15) is 5.75 Å². The zero-order valence-electron chi connectivity index (χ0n) is 12.9. The summed E-state index contributed by atoms with van der Waals surface area (Å²) < 4.78 is 5.71. The molecule has 3 heterocycles. The van der Waals surface area contributed by atoms with Crippen LogP contribution in [-0.4, -0.2) is 30.8 Å². The SMILES string of the molecule is NC(=O)c1nc2ccc(Oc3nccc(-c4cccnc4)n3)cc2[nH]1. The molecule has 0 unspecified atom stereocenters. The Hall–Kier alpha value is -3.81. The molecular weight excluding hydrogens is 320 g/mol. The van der Waals surface area contributed by atoms with E-state index in [0.29, 0.717) is 22.5 Å². The van der Waals surface area contributed by atoms with E-state index >= 15 is 0 Å². The highest BCUT2D eigenvalue weighted by Crippen LogP contribution is 2.24. The highest BCUT2D eigenvalue weighted by Gasteiger charge is 2.10. The maximum Gasteiger partial charge on any atom is 0.322 e. The van der Waals surface area contributed by atoms with Crippen molar-refractivity contribution in [2.24, 2.45) is 5.73 Å². The smallest absolute Gasteiger partial charge is 0.322 e. The molecule has 4 rings (SSSR count). The molecule has 0 atom stereocenters. The van der Waals surface area contributed by atoms with Crippen LogP contribution in [0, 0.1) is 0 Å². The molecule has 0 saturated heterocycles. The summed E-state index contributed by atoms with van der Waals surface area (Å²) in [6, 6.07) is 10.9. The number of pyridine rings is 1. The predicted octanol–water partition coefficient (Wildman–Crippen LogP) is 2.31. The van der Waals surface area contributed by atoms with E-state index in [2.05, 4.69) is 24.9 Å². The monoisotopic (exact) mass is 332 g/mol. The predicted molar refractivity (Wildman–Crippen MR) is 89.9 cm³/mol. The molecule has 0 saturated carbocycles. The van der Waals surface area contributed by atoms with Crippen LogP contribution < -0.4 is 10.5 Å². The van der Waals surface area contributed by atoms with E-state index < -0.39 is 5.91 Å². The van der Waals surface area contributed by atoms with Gasteiger partial charge in [0.25, 0.3) is 5.91 Å². The van der Waals surface area contributed by atoms with Crippen LogP contribution in [0.3, 0.4) is 0 Å². The van der Waals surface area contributed by atoms with Crippen molar-refractivity contribution in [3.05, 3.63) is 60.8 Å². The highest BCUT2D eigenvalue weighted by atomic mass is 16.5. The summed E-state index contributed by atoms with van der Waals surface area (Å²) in [6.07, 6.45) is 5.03. The maximum atomic E-state index is 11.2. The fourth-order valence-electron chi connectivity index (χ4n) is 2.34. The third kappa shape index (κ3) is 3.00. The second-order valence-electron chi connectivity index (χ2n) is 5.20. The lowest BCUT2D eigenvalue weighted by atomic mass is 10.2. The molecule has 1 aromatic carbocycles. The molecule has 0 bridgehead atoms. The minimum atomic E-state index is -0.619. The van der Waals surface area contributed by atoms with E-state index in [4.69, 9.17) is 10.5 Å². The molecule has 0 aliphatic heterocycles. The van der Waals surface area contributed by atoms with Crippen LogP contribution in [0.15, 0.2) is 55.0 Å². The number of H-pyrrole nitrogens is 1. The second-order valence-corrected chi connectivity index (χ2v) is 5.20. The number of primary amides is 1. The summed E-state index contributed by atoms with van der Waals surface area (Å²) in [6.45, 7) is 0. The van der Waals surface area contributed by atoms with Crippen LogP contribution in [0.1, 0.15) is 10.6 Å². The molecule has 0 aliphatic carbocycles. The van der Waals surface area contributed by atoms with Crippen LogP contribution in [0.4, 0.5) is 0 Å². The first kappa shape index (κ1) is 14.8. The molecular formula is C17H12N6O2. The fraction of sp³-hybridized carbons (Fsp3) is 0. The van der Waals surface area contributed by atoms with Crippen molar-refractivity contribution in [2.45, 2.75) is 0 Å². The Morgan fingerprint density at radius 1 is 1.12 bits per heavy atom. The Morgan fingerprint density at radius 3 is 2.84 bits per heavy atom. The number of carbonyl (C=O) groups is 1. The molecule has 0 radical (unpaired) electrons. The van der Waals surface area contributed by atoms with E-state index in [1.54, 1.807) is 42.9 Å². The highest BCUT2D eigenvalue weighted by molar-refractivity contribution is 5.93. The maximum absolute atomic E-state index is 11.2. The van der Waals surface area contributed by atoms with Gasteiger partial charge in [0.05, 0.1) is 16.7 Å². The minimum Gasteiger partial charge on any atom is -0.424 e. The Bertz CT molecular complexity index is 1060. The van der Waals surface area contributed by atoms with Gasteiger partial charge in [-0.3, -0.25) is 9.78 Å². The lowest BCUT2D eigenvalue weighted by molar-refractivity contribution is 0.0991. The van der Waals surface area contributed by atoms with Crippen LogP contribution in [0.25, 0.3) is 22.3 Å². The number of nitrogens with one attached hydrogen (secondary N) is 1. The van der Waals surface area contributed by atoms with Crippen LogP contribution >= 0.6 is 0 Å². The molecule has 0 fully saturated rings. The van der Waals surface area contributed by atoms with Crippen molar-refractivity contribution in [1.82, 2.24) is 24.9 Å². The first-order chi connectivity index (χ1) is 12.2. The number of hydrogen-bond donors (Lipinski definition) is 2. The molecule has 0 aliphatic rings. The number of aromatic nitrogens is 5. The summed E-state index contributed by atoms with van der Waals surface area (Å²) in [4.78, 5) is 30.7. The molecule has 122 valence electrons. The Balaban J connectivity index is 1.64. The van der Waals surface area contributed by atoms with Gasteiger partial charge in [0.15, 0.2) is 5.82 Å². The number of hydrogen-bond acceptors (Lipinski definition) is 6. The van der Waals surface area contributed by atoms with Gasteiger partial charge in [0, 0.05) is 30.2 Å². The number of ether oxygens (including phenoxy) is 1. The van der Waals surface area contributed by atoms with E-state index in [1.807, 2.05) is 12.1 Å². The van der Waals surface area contributed by atoms with Crippen LogP contribution in [-0.2, 0) is 0 Å². The quantitative estimate of drug-likeness (QED) is 0.592. The lowest BCUT2D eigenvalue weighted by Crippen LogP contribution is -2.12. The average molecular weight is 332 g/mol. The minimum absolute atomic E-state index is 0.0991. The summed E-state index contributed by atoms with van der Waals surface area (Å²) in [7, 11) is 0. The van der Waals surface area contributed by atoms with E-state index in [0.717, 1.165) is 5.56 Å². The van der Waals surface area contributed by atoms with Crippen molar-refractivity contribution < 1.29 is 9.53 Å². The topological polar surface area (TPSA) is 120 Å². The van der Waals surface area contributed by atoms with Crippen molar-refractivity contribution in [3.63, 3.8) is 0 Å². The molecule has 25 heavy (non-hydrogen) atoms.